The van der Waals surface area contributed by atoms with Crippen LogP contribution in [0.2, 0.25) is 0 Å². The summed E-state index contributed by atoms with van der Waals surface area (Å²) in [5.74, 6) is -36.8. The Labute approximate surface area is 801 Å². The summed E-state index contributed by atoms with van der Waals surface area (Å²) in [5.41, 5.74) is 17.1. The first-order chi connectivity index (χ1) is 65.2. The number of carbonyl (C=O) groups excluding carboxylic acids is 21. The molecule has 1 rings (SSSR count). The molecule has 19 atom stereocenters. The summed E-state index contributed by atoms with van der Waals surface area (Å²) < 4.78 is 0. The van der Waals surface area contributed by atoms with E-state index < -0.39 is 371 Å². The first-order valence-corrected chi connectivity index (χ1v) is 44.2. The fraction of sp³-hybridized carbons (Fsp3) is 0.607. The van der Waals surface area contributed by atoms with Gasteiger partial charge in [-0.1, -0.05) is 98.6 Å². The number of carbonyl (C=O) groups is 27. The number of amides is 21. The molecular weight excluding hydrogens is 1860 g/mol. The van der Waals surface area contributed by atoms with Crippen LogP contribution in [0, 0.1) is 23.7 Å². The van der Waals surface area contributed by atoms with E-state index in [-0.39, 0.29) is 25.2 Å². The highest BCUT2D eigenvalue weighted by atomic mass is 16.4. The zero-order chi connectivity index (χ0) is 107. The van der Waals surface area contributed by atoms with E-state index in [0.717, 1.165) is 13.8 Å². The van der Waals surface area contributed by atoms with E-state index in [9.17, 15) is 160 Å². The van der Waals surface area contributed by atoms with E-state index in [0.29, 0.717) is 12.0 Å². The standard InChI is InChI=1S/C84H130N22O34/c1-13-38(7)65(87)82(138)94-42(11)70(126)99-53(31-63(120)121)80(136)101-50(28-56(86)109)79(135)97-47(22-25-60(114)115)74(130)92-41(10)69(125)98-52(30-62(118)119)76(132)93-43(12)71(127)106-67(39(8)14-2)84(140)104-54(35-107)81(137)100-48(26-36(3)4)77(133)102-51(29-61(116)117)72(128)89-32-57(110)88-33-58(111)95-45(20-23-55(85)108)75(131)105-66(37(5)6)83(139)103-49(27-44-18-16-15-17-19-44)78(134)96-46(21-24-59(112)113)73(129)91-40(9)68(124)90-34-64(122)123/h15-19,36-43,45-54,65-67,107H,13-14,20-35,87H2,1-12H3,(H2,85,108)(H2,86,109)(H,88,110)(H,89,128)(H,90,124)(H,91,129)(H,92,130)(H,93,132)(H,94,138)(H,95,111)(H,96,134)(H,97,135)(H,98,125)(H,99,126)(H,100,137)(H,101,136)(H,102,133)(H,103,139)(H,104,140)(H,105,131)(H,106,127)(H,112,113)(H,114,115)(H,116,117)(H,118,119)(H,120,121)(H,122,123)/t38-,39-,40-,41-,42-,43-,45-,46-,47-,48-,49-,50-,51-,52-,53-,54-,65-,66-,67-/m0/s1. The van der Waals surface area contributed by atoms with Gasteiger partial charge < -0.3 is 154 Å². The molecule has 0 saturated carbocycles. The third kappa shape index (κ3) is 47.1. The Morgan fingerprint density at radius 3 is 1.06 bits per heavy atom. The molecule has 0 bridgehead atoms. The molecule has 0 heterocycles. The Balaban J connectivity index is 3.35. The topological polar surface area (TPSA) is 909 Å². The molecule has 0 aliphatic heterocycles. The van der Waals surface area contributed by atoms with Gasteiger partial charge in [0.15, 0.2) is 0 Å². The molecular formula is C84H130N22O34. The van der Waals surface area contributed by atoms with Crippen LogP contribution in [-0.4, -0.2) is 325 Å². The van der Waals surface area contributed by atoms with Gasteiger partial charge in [0.1, 0.15) is 103 Å². The number of primary amides is 2. The van der Waals surface area contributed by atoms with Crippen molar-refractivity contribution in [3.05, 3.63) is 35.9 Å². The molecule has 21 amide bonds. The normalized spacial score (nSPS) is 15.0. The van der Waals surface area contributed by atoms with Gasteiger partial charge in [-0.2, -0.15) is 0 Å². The molecule has 0 radical (unpaired) electrons. The van der Waals surface area contributed by atoms with Crippen molar-refractivity contribution in [2.45, 2.75) is 276 Å². The number of aliphatic hydroxyl groups is 1. The number of carboxylic acids is 6. The van der Waals surface area contributed by atoms with E-state index in [4.69, 9.17) is 22.3 Å². The molecule has 1 aromatic carbocycles. The second-order valence-electron chi connectivity index (χ2n) is 33.5. The second-order valence-corrected chi connectivity index (χ2v) is 33.5. The molecule has 140 heavy (non-hydrogen) atoms. The van der Waals surface area contributed by atoms with Crippen LogP contribution in [0.4, 0.5) is 0 Å². The number of aliphatic carboxylic acids is 6. The van der Waals surface area contributed by atoms with Crippen LogP contribution in [-0.2, 0) is 136 Å². The Morgan fingerprint density at radius 2 is 0.629 bits per heavy atom. The fourth-order valence-electron chi connectivity index (χ4n) is 12.5. The van der Waals surface area contributed by atoms with Gasteiger partial charge >= 0.3 is 35.8 Å². The molecule has 780 valence electrons. The first kappa shape index (κ1) is 123. The molecule has 0 aliphatic rings. The Bertz CT molecular complexity index is 4620. The number of nitrogens with two attached hydrogens (primary N) is 3. The van der Waals surface area contributed by atoms with Crippen molar-refractivity contribution < 1.29 is 165 Å². The molecule has 0 spiro atoms. The monoisotopic (exact) mass is 1990 g/mol. The quantitative estimate of drug-likeness (QED) is 0.0288. The maximum absolute atomic E-state index is 14.2. The number of rotatable bonds is 66. The average molecular weight is 1990 g/mol. The van der Waals surface area contributed by atoms with Crippen LogP contribution in [0.1, 0.15) is 172 Å². The minimum absolute atomic E-state index is 0.0915. The van der Waals surface area contributed by atoms with Crippen molar-refractivity contribution in [2.24, 2.45) is 40.9 Å². The number of benzene rings is 1. The van der Waals surface area contributed by atoms with Crippen LogP contribution in [0.3, 0.4) is 0 Å². The van der Waals surface area contributed by atoms with Crippen molar-refractivity contribution in [1.29, 1.82) is 0 Å². The van der Waals surface area contributed by atoms with Crippen LogP contribution in [0.15, 0.2) is 30.3 Å². The largest absolute Gasteiger partial charge is 0.481 e. The van der Waals surface area contributed by atoms with E-state index >= 15 is 0 Å². The fourth-order valence-corrected chi connectivity index (χ4v) is 12.5. The van der Waals surface area contributed by atoms with Gasteiger partial charge in [0.2, 0.25) is 124 Å². The molecule has 56 nitrogen and oxygen atoms in total. The minimum Gasteiger partial charge on any atom is -0.481 e. The molecule has 32 N–H and O–H groups in total. The van der Waals surface area contributed by atoms with Crippen LogP contribution in [0.25, 0.3) is 0 Å². The van der Waals surface area contributed by atoms with Gasteiger partial charge in [-0.3, -0.25) is 129 Å². The molecule has 56 heteroatoms. The average Bonchev–Trinajstić information content (AvgIpc) is 0.859. The third-order valence-electron chi connectivity index (χ3n) is 20.9. The van der Waals surface area contributed by atoms with Crippen molar-refractivity contribution in [3.63, 3.8) is 0 Å². The predicted octanol–water partition coefficient (Wildman–Crippen LogP) is -11.1. The lowest BCUT2D eigenvalue weighted by Crippen LogP contribution is -2.61. The van der Waals surface area contributed by atoms with Crippen molar-refractivity contribution in [1.82, 2.24) is 101 Å². The lowest BCUT2D eigenvalue weighted by atomic mass is 9.97. The Morgan fingerprint density at radius 1 is 0.293 bits per heavy atom. The minimum atomic E-state index is -2.10. The van der Waals surface area contributed by atoms with Crippen molar-refractivity contribution in [2.75, 3.05) is 26.2 Å². The lowest BCUT2D eigenvalue weighted by Gasteiger charge is -2.28. The Hall–Kier alpha value is -15.2. The number of carboxylic acid groups (broad SMARTS) is 6. The van der Waals surface area contributed by atoms with E-state index in [2.05, 4.69) is 95.7 Å². The van der Waals surface area contributed by atoms with Crippen molar-refractivity contribution in [3.8, 4) is 0 Å². The molecule has 0 aliphatic carbocycles. The smallest absolute Gasteiger partial charge is 0.322 e. The summed E-state index contributed by atoms with van der Waals surface area (Å²) in [7, 11) is 0. The van der Waals surface area contributed by atoms with E-state index in [1.165, 1.54) is 34.6 Å². The molecule has 0 saturated heterocycles. The predicted molar refractivity (Wildman–Crippen MR) is 481 cm³/mol. The first-order valence-electron chi connectivity index (χ1n) is 44.2. The zero-order valence-corrected chi connectivity index (χ0v) is 79.1. The SMILES string of the molecule is CC[C@H](C)[C@H](N)C(=O)N[C@@H](C)C(=O)N[C@@H](CC(=O)O)C(=O)N[C@@H](CC(N)=O)C(=O)N[C@@H](CCC(=O)O)C(=O)N[C@@H](C)C(=O)N[C@@H](CC(=O)O)C(=O)N[C@@H](C)C(=O)N[C@H](C(=O)N[C@@H](CO)C(=O)N[C@@H](CC(C)C)C(=O)N[C@@H](CC(=O)O)C(=O)NCC(=O)NCC(=O)N[C@@H](CCC(N)=O)C(=O)N[C@H](C(=O)N[C@@H](Cc1ccccc1)C(=O)N[C@@H](CCC(=O)O)C(=O)N[C@@H](C)C(=O)NCC(=O)O)C(C)C)[C@@H](C)CC. The van der Waals surface area contributed by atoms with E-state index in [1.807, 2.05) is 5.32 Å². The number of hydrogen-bond donors (Lipinski definition) is 29. The van der Waals surface area contributed by atoms with Crippen molar-refractivity contribution >= 4 is 160 Å². The molecule has 0 unspecified atom stereocenters. The summed E-state index contributed by atoms with van der Waals surface area (Å²) in [6.07, 6.45) is -8.63. The van der Waals surface area contributed by atoms with Gasteiger partial charge in [-0.25, -0.2) is 0 Å². The summed E-state index contributed by atoms with van der Waals surface area (Å²) in [5, 5.41) is 110. The summed E-state index contributed by atoms with van der Waals surface area (Å²) in [6, 6.07) is -21.6. The highest BCUT2D eigenvalue weighted by Gasteiger charge is 2.41. The number of aliphatic hydroxyl groups excluding tert-OH is 1. The van der Waals surface area contributed by atoms with Gasteiger partial charge in [0.05, 0.1) is 51.4 Å². The molecule has 1 aromatic rings. The Kier molecular flexibility index (Phi) is 54.2. The summed E-state index contributed by atoms with van der Waals surface area (Å²) >= 11 is 0. The highest BCUT2D eigenvalue weighted by Crippen LogP contribution is 2.16. The van der Waals surface area contributed by atoms with Crippen LogP contribution >= 0.6 is 0 Å². The number of nitrogens with one attached hydrogen (secondary N) is 19. The lowest BCUT2D eigenvalue weighted by molar-refractivity contribution is -0.142. The zero-order valence-electron chi connectivity index (χ0n) is 79.1. The maximum Gasteiger partial charge on any atom is 0.322 e. The number of hydrogen-bond acceptors (Lipinski definition) is 29. The second kappa shape index (κ2) is 61.8. The molecule has 0 aromatic heterocycles. The van der Waals surface area contributed by atoms with Gasteiger partial charge in [0, 0.05) is 25.7 Å². The maximum atomic E-state index is 14.2. The van der Waals surface area contributed by atoms with Crippen LogP contribution in [0.5, 0.6) is 0 Å². The summed E-state index contributed by atoms with van der Waals surface area (Å²) in [6.45, 7) is 12.8. The van der Waals surface area contributed by atoms with Crippen LogP contribution < -0.4 is 118 Å². The molecule has 0 fully saturated rings. The van der Waals surface area contributed by atoms with Gasteiger partial charge in [-0.05, 0) is 82.6 Å². The highest BCUT2D eigenvalue weighted by molar-refractivity contribution is 6.03. The van der Waals surface area contributed by atoms with Gasteiger partial charge in [0.25, 0.3) is 0 Å². The third-order valence-corrected chi connectivity index (χ3v) is 20.9. The van der Waals surface area contributed by atoms with Gasteiger partial charge in [-0.15, -0.1) is 0 Å². The van der Waals surface area contributed by atoms with E-state index in [1.54, 1.807) is 65.0 Å². The summed E-state index contributed by atoms with van der Waals surface area (Å²) in [4.78, 5) is 354.